The van der Waals surface area contributed by atoms with Gasteiger partial charge in [0.25, 0.3) is 0 Å². The third-order valence-corrected chi connectivity index (χ3v) is 3.07. The van der Waals surface area contributed by atoms with Crippen LogP contribution in [0.15, 0.2) is 0 Å². The van der Waals surface area contributed by atoms with Crippen LogP contribution in [0, 0.1) is 6.92 Å². The monoisotopic (exact) mass is 240 g/mol. The molecule has 0 aliphatic rings. The summed E-state index contributed by atoms with van der Waals surface area (Å²) in [6, 6.07) is 0.324. The average Bonchev–Trinajstić information content (AvgIpc) is 2.54. The van der Waals surface area contributed by atoms with Crippen molar-refractivity contribution in [2.24, 2.45) is 7.05 Å². The van der Waals surface area contributed by atoms with Gasteiger partial charge in [-0.1, -0.05) is 0 Å². The normalized spacial score (nSPS) is 12.8. The number of methoxy groups -OCH3 is 1. The van der Waals surface area contributed by atoms with Gasteiger partial charge in [-0.05, 0) is 20.9 Å². The second-order valence-corrected chi connectivity index (χ2v) is 4.46. The quantitative estimate of drug-likeness (QED) is 0.803. The Kier molecular flexibility index (Phi) is 4.96. The molecule has 0 saturated heterocycles. The number of nitrogens with zero attached hydrogens (tertiary/aromatic N) is 3. The number of likely N-dealkylation sites (N-methyl/N-ethyl adjacent to an activating group) is 1. The Bertz CT molecular complexity index is 362. The number of hydrogen-bond acceptors (Lipinski definition) is 4. The molecule has 0 radical (unpaired) electrons. The molecule has 0 aliphatic carbocycles. The highest BCUT2D eigenvalue weighted by Gasteiger charge is 2.19. The predicted molar refractivity (Wildman–Crippen MR) is 70.4 cm³/mol. The van der Waals surface area contributed by atoms with E-state index in [1.165, 1.54) is 5.56 Å². The summed E-state index contributed by atoms with van der Waals surface area (Å²) in [5.41, 5.74) is 2.33. The van der Waals surface area contributed by atoms with Crippen molar-refractivity contribution in [3.8, 4) is 0 Å². The predicted octanol–water partition coefficient (Wildman–Crippen LogP) is 0.919. The van der Waals surface area contributed by atoms with E-state index in [-0.39, 0.29) is 0 Å². The van der Waals surface area contributed by atoms with Gasteiger partial charge in [0.05, 0.1) is 18.3 Å². The Morgan fingerprint density at radius 1 is 1.53 bits per heavy atom. The van der Waals surface area contributed by atoms with Crippen LogP contribution in [-0.4, -0.2) is 43.6 Å². The fraction of sp³-hybridized carbons (Fsp3) is 0.750. The largest absolute Gasteiger partial charge is 0.383 e. The smallest absolute Gasteiger partial charge is 0.131 e. The van der Waals surface area contributed by atoms with Crippen molar-refractivity contribution in [1.29, 1.82) is 0 Å². The Morgan fingerprint density at radius 2 is 2.18 bits per heavy atom. The summed E-state index contributed by atoms with van der Waals surface area (Å²) in [4.78, 5) is 2.22. The number of anilines is 1. The van der Waals surface area contributed by atoms with Gasteiger partial charge in [0.1, 0.15) is 5.82 Å². The second kappa shape index (κ2) is 6.02. The molecular weight excluding hydrogens is 216 g/mol. The number of aromatic nitrogens is 2. The van der Waals surface area contributed by atoms with E-state index in [0.29, 0.717) is 12.6 Å². The van der Waals surface area contributed by atoms with Gasteiger partial charge in [0.15, 0.2) is 0 Å². The number of aryl methyl sites for hydroxylation is 2. The maximum absolute atomic E-state index is 5.21. The highest BCUT2D eigenvalue weighted by Crippen LogP contribution is 2.23. The highest BCUT2D eigenvalue weighted by atomic mass is 16.5. The summed E-state index contributed by atoms with van der Waals surface area (Å²) < 4.78 is 7.14. The van der Waals surface area contributed by atoms with Crippen LogP contribution in [0.3, 0.4) is 0 Å². The summed E-state index contributed by atoms with van der Waals surface area (Å²) >= 11 is 0. The molecule has 17 heavy (non-hydrogen) atoms. The lowest BCUT2D eigenvalue weighted by atomic mass is 10.2. The molecule has 1 aromatic rings. The molecule has 0 amide bonds. The first-order valence-corrected chi connectivity index (χ1v) is 5.91. The van der Waals surface area contributed by atoms with E-state index >= 15 is 0 Å². The van der Waals surface area contributed by atoms with Crippen molar-refractivity contribution in [1.82, 2.24) is 15.1 Å². The third kappa shape index (κ3) is 2.98. The van der Waals surface area contributed by atoms with Gasteiger partial charge >= 0.3 is 0 Å². The van der Waals surface area contributed by atoms with Crippen LogP contribution in [0.1, 0.15) is 18.2 Å². The summed E-state index contributed by atoms with van der Waals surface area (Å²) in [5, 5.41) is 7.68. The Morgan fingerprint density at radius 3 is 2.71 bits per heavy atom. The lowest BCUT2D eigenvalue weighted by Crippen LogP contribution is -2.34. The van der Waals surface area contributed by atoms with Crippen LogP contribution < -0.4 is 10.2 Å². The molecule has 0 aromatic carbocycles. The maximum atomic E-state index is 5.21. The van der Waals surface area contributed by atoms with E-state index in [2.05, 4.69) is 29.3 Å². The Labute approximate surface area is 104 Å². The zero-order valence-corrected chi connectivity index (χ0v) is 11.7. The summed E-state index contributed by atoms with van der Waals surface area (Å²) in [6.07, 6.45) is 0. The van der Waals surface area contributed by atoms with Gasteiger partial charge in [0, 0.05) is 33.3 Å². The minimum absolute atomic E-state index is 0.324. The van der Waals surface area contributed by atoms with Crippen LogP contribution in [0.4, 0.5) is 5.82 Å². The number of nitrogens with one attached hydrogen (secondary N) is 1. The van der Waals surface area contributed by atoms with Crippen molar-refractivity contribution in [3.63, 3.8) is 0 Å². The van der Waals surface area contributed by atoms with E-state index in [1.54, 1.807) is 7.11 Å². The molecule has 1 unspecified atom stereocenters. The fourth-order valence-corrected chi connectivity index (χ4v) is 2.08. The summed E-state index contributed by atoms with van der Waals surface area (Å²) in [7, 11) is 7.75. The molecule has 5 heteroatoms. The van der Waals surface area contributed by atoms with Crippen LogP contribution in [0.5, 0.6) is 0 Å². The van der Waals surface area contributed by atoms with Gasteiger partial charge in [-0.2, -0.15) is 5.10 Å². The van der Waals surface area contributed by atoms with Gasteiger partial charge in [-0.25, -0.2) is 0 Å². The topological polar surface area (TPSA) is 42.3 Å². The molecule has 0 fully saturated rings. The van der Waals surface area contributed by atoms with Crippen LogP contribution in [-0.2, 0) is 18.3 Å². The SMILES string of the molecule is CNCc1c(C)nn(C)c1N(C)C(C)COC. The number of hydrogen-bond donors (Lipinski definition) is 1. The van der Waals surface area contributed by atoms with Crippen LogP contribution >= 0.6 is 0 Å². The number of rotatable bonds is 6. The molecule has 1 aromatic heterocycles. The van der Waals surface area contributed by atoms with Crippen molar-refractivity contribution >= 4 is 5.82 Å². The fourth-order valence-electron chi connectivity index (χ4n) is 2.08. The van der Waals surface area contributed by atoms with Gasteiger partial charge < -0.3 is 15.0 Å². The van der Waals surface area contributed by atoms with Crippen molar-refractivity contribution in [2.75, 3.05) is 32.7 Å². The summed E-state index contributed by atoms with van der Waals surface area (Å²) in [5.74, 6) is 1.15. The number of ether oxygens (including phenoxy) is 1. The van der Waals surface area contributed by atoms with E-state index in [9.17, 15) is 0 Å². The zero-order chi connectivity index (χ0) is 13.0. The molecule has 1 heterocycles. The van der Waals surface area contributed by atoms with E-state index < -0.39 is 0 Å². The Balaban J connectivity index is 3.02. The zero-order valence-electron chi connectivity index (χ0n) is 11.7. The average molecular weight is 240 g/mol. The van der Waals surface area contributed by atoms with E-state index in [1.807, 2.05) is 25.7 Å². The van der Waals surface area contributed by atoms with Gasteiger partial charge in [0.2, 0.25) is 0 Å². The van der Waals surface area contributed by atoms with Gasteiger partial charge in [-0.3, -0.25) is 4.68 Å². The molecule has 0 spiro atoms. The van der Waals surface area contributed by atoms with Crippen LogP contribution in [0.25, 0.3) is 0 Å². The molecule has 0 aliphatic heterocycles. The molecule has 1 atom stereocenters. The standard InChI is InChI=1S/C12H24N4O/c1-9(8-17-6)15(4)12-11(7-13-3)10(2)14-16(12)5/h9,13H,7-8H2,1-6H3. The first-order valence-electron chi connectivity index (χ1n) is 5.91. The molecule has 1 N–H and O–H groups in total. The minimum Gasteiger partial charge on any atom is -0.383 e. The molecule has 0 saturated carbocycles. The second-order valence-electron chi connectivity index (χ2n) is 4.46. The molecule has 5 nitrogen and oxygen atoms in total. The first kappa shape index (κ1) is 14.0. The minimum atomic E-state index is 0.324. The molecule has 1 rings (SSSR count). The van der Waals surface area contributed by atoms with Crippen LogP contribution in [0.2, 0.25) is 0 Å². The van der Waals surface area contributed by atoms with Crippen molar-refractivity contribution in [2.45, 2.75) is 26.4 Å². The van der Waals surface area contributed by atoms with Crippen molar-refractivity contribution < 1.29 is 4.74 Å². The lowest BCUT2D eigenvalue weighted by Gasteiger charge is -2.27. The molecular formula is C12H24N4O. The summed E-state index contributed by atoms with van der Waals surface area (Å²) in [6.45, 7) is 5.73. The molecule has 0 bridgehead atoms. The highest BCUT2D eigenvalue weighted by molar-refractivity contribution is 5.50. The first-order chi connectivity index (χ1) is 8.02. The lowest BCUT2D eigenvalue weighted by molar-refractivity contribution is 0.183. The molecule has 98 valence electrons. The van der Waals surface area contributed by atoms with Gasteiger partial charge in [-0.15, -0.1) is 0 Å². The van der Waals surface area contributed by atoms with Crippen molar-refractivity contribution in [3.05, 3.63) is 11.3 Å². The third-order valence-electron chi connectivity index (χ3n) is 3.07. The Hall–Kier alpha value is -1.07. The van der Waals surface area contributed by atoms with E-state index in [0.717, 1.165) is 18.1 Å². The maximum Gasteiger partial charge on any atom is 0.131 e. The van der Waals surface area contributed by atoms with E-state index in [4.69, 9.17) is 4.74 Å².